The van der Waals surface area contributed by atoms with Gasteiger partial charge in [0.1, 0.15) is 5.75 Å². The van der Waals surface area contributed by atoms with E-state index in [2.05, 4.69) is 23.9 Å². The summed E-state index contributed by atoms with van der Waals surface area (Å²) in [5.74, 6) is 0.792. The predicted octanol–water partition coefficient (Wildman–Crippen LogP) is 6.94. The molecule has 0 aliphatic carbocycles. The van der Waals surface area contributed by atoms with Gasteiger partial charge in [0, 0.05) is 38.2 Å². The minimum atomic E-state index is -4.83. The highest BCUT2D eigenvalue weighted by Gasteiger charge is 2.32. The van der Waals surface area contributed by atoms with Crippen molar-refractivity contribution in [1.29, 1.82) is 0 Å². The molecule has 3 atom stereocenters. The average Bonchev–Trinajstić information content (AvgIpc) is 2.94. The summed E-state index contributed by atoms with van der Waals surface area (Å²) < 4.78 is 58.9. The second-order valence-electron chi connectivity index (χ2n) is 11.6. The Hall–Kier alpha value is -2.98. The standard InChI is InChI=1S/C33H48F3NO6/c1-22(2)25(18-24-12-15-30(41-6)31(19-24)42-17-9-16-40-5)13-14-27(38)20-28(23(3)4)32(39)37-21-26-10-7-8-11-29(26)43-33(34,35)36/h7-8,10-12,15,19,22-23,25,27-28,38H,9,13-14,16-18,20-21H2,1-6H3,(H,37,39)/t25?,27-,28?/m1/s1. The Morgan fingerprint density at radius 2 is 1.65 bits per heavy atom. The maximum atomic E-state index is 13.1. The predicted molar refractivity (Wildman–Crippen MR) is 160 cm³/mol. The molecule has 0 aliphatic heterocycles. The lowest BCUT2D eigenvalue weighted by Gasteiger charge is -2.26. The molecular formula is C33H48F3NO6. The number of aliphatic hydroxyl groups is 1. The van der Waals surface area contributed by atoms with Crippen LogP contribution in [0.25, 0.3) is 0 Å². The van der Waals surface area contributed by atoms with Gasteiger partial charge in [-0.15, -0.1) is 13.2 Å². The van der Waals surface area contributed by atoms with Crippen LogP contribution in [0.3, 0.4) is 0 Å². The first-order valence-corrected chi connectivity index (χ1v) is 14.9. The van der Waals surface area contributed by atoms with Crippen LogP contribution in [0.15, 0.2) is 42.5 Å². The van der Waals surface area contributed by atoms with Crippen molar-refractivity contribution in [1.82, 2.24) is 5.32 Å². The Morgan fingerprint density at radius 1 is 0.930 bits per heavy atom. The van der Waals surface area contributed by atoms with Crippen molar-refractivity contribution in [2.45, 2.75) is 78.8 Å². The van der Waals surface area contributed by atoms with E-state index in [0.717, 1.165) is 24.8 Å². The number of para-hydroxylation sites is 1. The lowest BCUT2D eigenvalue weighted by Crippen LogP contribution is -2.35. The van der Waals surface area contributed by atoms with Gasteiger partial charge in [-0.05, 0) is 67.2 Å². The largest absolute Gasteiger partial charge is 0.573 e. The Labute approximate surface area is 254 Å². The van der Waals surface area contributed by atoms with Gasteiger partial charge < -0.3 is 29.4 Å². The fourth-order valence-electron chi connectivity index (χ4n) is 5.01. The highest BCUT2D eigenvalue weighted by molar-refractivity contribution is 5.79. The third-order valence-electron chi connectivity index (χ3n) is 7.61. The number of ether oxygens (including phenoxy) is 4. The van der Waals surface area contributed by atoms with Crippen LogP contribution in [0.2, 0.25) is 0 Å². The van der Waals surface area contributed by atoms with Crippen molar-refractivity contribution in [2.24, 2.45) is 23.7 Å². The minimum absolute atomic E-state index is 0.0705. The molecule has 2 aromatic carbocycles. The number of aliphatic hydroxyl groups excluding tert-OH is 1. The summed E-state index contributed by atoms with van der Waals surface area (Å²) in [5.41, 5.74) is 1.34. The highest BCUT2D eigenvalue weighted by Crippen LogP contribution is 2.32. The molecule has 0 saturated carbocycles. The van der Waals surface area contributed by atoms with Gasteiger partial charge in [0.05, 0.1) is 19.8 Å². The summed E-state index contributed by atoms with van der Waals surface area (Å²) in [7, 11) is 3.27. The van der Waals surface area contributed by atoms with E-state index in [1.165, 1.54) is 18.2 Å². The molecule has 43 heavy (non-hydrogen) atoms. The molecule has 0 saturated heterocycles. The first kappa shape index (κ1) is 36.2. The van der Waals surface area contributed by atoms with E-state index in [1.807, 2.05) is 32.0 Å². The number of nitrogens with one attached hydrogen (secondary N) is 1. The Bertz CT molecular complexity index is 1110. The maximum absolute atomic E-state index is 13.1. The molecule has 1 amide bonds. The SMILES string of the molecule is COCCCOc1cc(CC(CC[C@@H](O)CC(C(=O)NCc2ccccc2OC(F)(F)F)C(C)C)C(C)C)ccc1OC. The number of hydrogen-bond donors (Lipinski definition) is 2. The van der Waals surface area contributed by atoms with E-state index in [4.69, 9.17) is 14.2 Å². The molecule has 0 aliphatic rings. The van der Waals surface area contributed by atoms with Crippen LogP contribution < -0.4 is 19.5 Å². The summed E-state index contributed by atoms with van der Waals surface area (Å²) in [5, 5.41) is 13.7. The van der Waals surface area contributed by atoms with E-state index in [1.54, 1.807) is 20.3 Å². The summed E-state index contributed by atoms with van der Waals surface area (Å²) in [4.78, 5) is 13.1. The van der Waals surface area contributed by atoms with Crippen LogP contribution in [0, 0.1) is 23.7 Å². The molecule has 0 aromatic heterocycles. The Kier molecular flexibility index (Phi) is 15.1. The van der Waals surface area contributed by atoms with Crippen molar-refractivity contribution in [3.8, 4) is 17.2 Å². The van der Waals surface area contributed by atoms with Gasteiger partial charge in [-0.25, -0.2) is 0 Å². The number of alkyl halides is 3. The van der Waals surface area contributed by atoms with Gasteiger partial charge in [-0.2, -0.15) is 0 Å². The van der Waals surface area contributed by atoms with E-state index in [0.29, 0.717) is 43.0 Å². The van der Waals surface area contributed by atoms with Crippen LogP contribution in [0.5, 0.6) is 17.2 Å². The second-order valence-corrected chi connectivity index (χ2v) is 11.6. The molecule has 7 nitrogen and oxygen atoms in total. The van der Waals surface area contributed by atoms with Gasteiger partial charge in [0.25, 0.3) is 0 Å². The number of carbonyl (C=O) groups is 1. The van der Waals surface area contributed by atoms with E-state index < -0.39 is 18.4 Å². The van der Waals surface area contributed by atoms with Gasteiger partial charge >= 0.3 is 6.36 Å². The molecule has 0 spiro atoms. The molecule has 0 fully saturated rings. The molecule has 0 heterocycles. The van der Waals surface area contributed by atoms with Crippen molar-refractivity contribution in [3.63, 3.8) is 0 Å². The topological polar surface area (TPSA) is 86.2 Å². The Balaban J connectivity index is 1.98. The van der Waals surface area contributed by atoms with Crippen LogP contribution >= 0.6 is 0 Å². The lowest BCUT2D eigenvalue weighted by atomic mass is 9.82. The lowest BCUT2D eigenvalue weighted by molar-refractivity contribution is -0.274. The molecule has 2 unspecified atom stereocenters. The molecule has 2 N–H and O–H groups in total. The molecule has 0 radical (unpaired) electrons. The summed E-state index contributed by atoms with van der Waals surface area (Å²) in [6.45, 7) is 9.14. The van der Waals surface area contributed by atoms with Crippen LogP contribution in [0.4, 0.5) is 13.2 Å². The van der Waals surface area contributed by atoms with Crippen molar-refractivity contribution in [3.05, 3.63) is 53.6 Å². The highest BCUT2D eigenvalue weighted by atomic mass is 19.4. The number of hydrogen-bond acceptors (Lipinski definition) is 6. The number of methoxy groups -OCH3 is 2. The number of amides is 1. The van der Waals surface area contributed by atoms with E-state index >= 15 is 0 Å². The van der Waals surface area contributed by atoms with Crippen LogP contribution in [-0.2, 0) is 22.5 Å². The Morgan fingerprint density at radius 3 is 2.28 bits per heavy atom. The van der Waals surface area contributed by atoms with Crippen molar-refractivity contribution >= 4 is 5.91 Å². The summed E-state index contributed by atoms with van der Waals surface area (Å²) in [6, 6.07) is 11.7. The second kappa shape index (κ2) is 18.0. The van der Waals surface area contributed by atoms with Crippen molar-refractivity contribution < 1.29 is 42.0 Å². The number of rotatable bonds is 19. The van der Waals surface area contributed by atoms with Crippen molar-refractivity contribution in [2.75, 3.05) is 27.4 Å². The van der Waals surface area contributed by atoms with Crippen LogP contribution in [0.1, 0.15) is 64.5 Å². The first-order chi connectivity index (χ1) is 20.3. The zero-order valence-electron chi connectivity index (χ0n) is 26.2. The van der Waals surface area contributed by atoms with Gasteiger partial charge in [0.2, 0.25) is 5.91 Å². The fourth-order valence-corrected chi connectivity index (χ4v) is 5.01. The molecule has 10 heteroatoms. The molecular weight excluding hydrogens is 563 g/mol. The number of carbonyl (C=O) groups excluding carboxylic acids is 1. The molecule has 0 bridgehead atoms. The maximum Gasteiger partial charge on any atom is 0.573 e. The minimum Gasteiger partial charge on any atom is -0.493 e. The van der Waals surface area contributed by atoms with Crippen LogP contribution in [-0.4, -0.2) is 50.9 Å². The normalized spacial score (nSPS) is 14.0. The van der Waals surface area contributed by atoms with E-state index in [-0.39, 0.29) is 36.1 Å². The third-order valence-corrected chi connectivity index (χ3v) is 7.61. The number of benzene rings is 2. The zero-order chi connectivity index (χ0) is 32.0. The molecule has 242 valence electrons. The van der Waals surface area contributed by atoms with Gasteiger partial charge in [-0.3, -0.25) is 4.79 Å². The molecule has 2 rings (SSSR count). The van der Waals surface area contributed by atoms with E-state index in [9.17, 15) is 23.1 Å². The summed E-state index contributed by atoms with van der Waals surface area (Å²) >= 11 is 0. The molecule has 2 aromatic rings. The van der Waals surface area contributed by atoms with Gasteiger partial charge in [-0.1, -0.05) is 52.0 Å². The number of halogens is 3. The van der Waals surface area contributed by atoms with Gasteiger partial charge in [0.15, 0.2) is 11.5 Å². The quantitative estimate of drug-likeness (QED) is 0.167. The zero-order valence-corrected chi connectivity index (χ0v) is 26.2. The smallest absolute Gasteiger partial charge is 0.493 e. The summed E-state index contributed by atoms with van der Waals surface area (Å²) in [6.07, 6.45) is -2.40. The third kappa shape index (κ3) is 13.0. The first-order valence-electron chi connectivity index (χ1n) is 14.9. The fraction of sp³-hybridized carbons (Fsp3) is 0.606. The monoisotopic (exact) mass is 611 g/mol. The average molecular weight is 612 g/mol.